The van der Waals surface area contributed by atoms with Gasteiger partial charge in [0.05, 0.1) is 6.21 Å². The van der Waals surface area contributed by atoms with Gasteiger partial charge >= 0.3 is 11.8 Å². The normalized spacial score (nSPS) is 11.1. The molecule has 0 atom stereocenters. The van der Waals surface area contributed by atoms with Gasteiger partial charge in [0.1, 0.15) is 0 Å². The van der Waals surface area contributed by atoms with Gasteiger partial charge in [0.15, 0.2) is 0 Å². The molecule has 0 aromatic heterocycles. The maximum absolute atomic E-state index is 12.2. The van der Waals surface area contributed by atoms with Crippen molar-refractivity contribution in [2.24, 2.45) is 5.10 Å². The molecule has 0 heterocycles. The fourth-order valence-electron chi connectivity index (χ4n) is 3.34. The van der Waals surface area contributed by atoms with E-state index in [4.69, 9.17) is 0 Å². The Hall–Kier alpha value is -3.26. The first-order valence-corrected chi connectivity index (χ1v) is 10.4. The van der Waals surface area contributed by atoms with Crippen molar-refractivity contribution in [1.82, 2.24) is 5.43 Å². The van der Waals surface area contributed by atoms with Gasteiger partial charge in [-0.15, -0.1) is 0 Å². The molecule has 0 radical (unpaired) electrons. The Morgan fingerprint density at radius 3 is 2.13 bits per heavy atom. The highest BCUT2D eigenvalue weighted by Crippen LogP contribution is 2.27. The summed E-state index contributed by atoms with van der Waals surface area (Å²) in [5.41, 5.74) is 4.70. The third kappa shape index (κ3) is 4.18. The smallest absolute Gasteiger partial charge is 0.317 e. The number of nitrogens with one attached hydrogen (secondary N) is 2. The van der Waals surface area contributed by atoms with Gasteiger partial charge in [-0.05, 0) is 80.9 Å². The van der Waals surface area contributed by atoms with Gasteiger partial charge in [0, 0.05) is 14.8 Å². The number of carbonyl (C=O) groups is 2. The van der Waals surface area contributed by atoms with E-state index < -0.39 is 11.8 Å². The number of anilines is 1. The molecular weight excluding hydrogens is 489 g/mol. The number of rotatable bonds is 3. The molecule has 2 N–H and O–H groups in total. The summed E-state index contributed by atoms with van der Waals surface area (Å²) >= 11 is 2.19. The van der Waals surface area contributed by atoms with Crippen molar-refractivity contribution in [2.45, 2.75) is 6.92 Å². The summed E-state index contributed by atoms with van der Waals surface area (Å²) in [6, 6.07) is 23.7. The lowest BCUT2D eigenvalue weighted by Gasteiger charge is -2.09. The molecule has 0 unspecified atom stereocenters. The van der Waals surface area contributed by atoms with Crippen LogP contribution in [0.15, 0.2) is 77.9 Å². The second kappa shape index (κ2) is 8.62. The highest BCUT2D eigenvalue weighted by molar-refractivity contribution is 14.1. The summed E-state index contributed by atoms with van der Waals surface area (Å²) in [5.74, 6) is -1.59. The average molecular weight is 507 g/mol. The molecule has 4 aromatic rings. The van der Waals surface area contributed by atoms with E-state index in [0.717, 1.165) is 36.2 Å². The molecule has 0 saturated heterocycles. The Labute approximate surface area is 187 Å². The number of hydrogen-bond donors (Lipinski definition) is 2. The Kier molecular flexibility index (Phi) is 5.76. The summed E-state index contributed by atoms with van der Waals surface area (Å²) in [7, 11) is 0. The molecule has 0 bridgehead atoms. The van der Waals surface area contributed by atoms with Gasteiger partial charge in [-0.1, -0.05) is 48.5 Å². The molecule has 0 aliphatic carbocycles. The molecule has 30 heavy (non-hydrogen) atoms. The van der Waals surface area contributed by atoms with Crippen LogP contribution < -0.4 is 10.7 Å². The SMILES string of the molecule is Cc1cc(I)ccc1NC(=O)C(=O)N/N=C/c1c2ccccc2cc2ccccc12. The molecule has 0 aliphatic heterocycles. The Morgan fingerprint density at radius 1 is 0.867 bits per heavy atom. The maximum atomic E-state index is 12.2. The van der Waals surface area contributed by atoms with Crippen LogP contribution >= 0.6 is 22.6 Å². The molecule has 5 nitrogen and oxygen atoms in total. The number of benzene rings is 4. The van der Waals surface area contributed by atoms with Crippen LogP contribution in [0.5, 0.6) is 0 Å². The molecular formula is C24H18IN3O2. The Morgan fingerprint density at radius 2 is 1.50 bits per heavy atom. The second-order valence-corrected chi connectivity index (χ2v) is 8.09. The van der Waals surface area contributed by atoms with Crippen LogP contribution in [0.4, 0.5) is 5.69 Å². The largest absolute Gasteiger partial charge is 0.329 e. The van der Waals surface area contributed by atoms with Crippen molar-refractivity contribution < 1.29 is 9.59 Å². The molecule has 4 rings (SSSR count). The van der Waals surface area contributed by atoms with Gasteiger partial charge in [-0.25, -0.2) is 5.43 Å². The summed E-state index contributed by atoms with van der Waals surface area (Å²) in [4.78, 5) is 24.4. The topological polar surface area (TPSA) is 70.6 Å². The first kappa shape index (κ1) is 20.0. The molecule has 148 valence electrons. The number of nitrogens with zero attached hydrogens (tertiary/aromatic N) is 1. The van der Waals surface area contributed by atoms with Crippen LogP contribution in [0, 0.1) is 10.5 Å². The predicted octanol–water partition coefficient (Wildman–Crippen LogP) is 4.99. The first-order chi connectivity index (χ1) is 14.5. The third-order valence-corrected chi connectivity index (χ3v) is 5.49. The average Bonchev–Trinajstić information content (AvgIpc) is 2.75. The van der Waals surface area contributed by atoms with Crippen LogP contribution in [-0.2, 0) is 9.59 Å². The number of hydrazone groups is 1. The predicted molar refractivity (Wildman–Crippen MR) is 130 cm³/mol. The van der Waals surface area contributed by atoms with Crippen molar-refractivity contribution in [3.05, 3.63) is 87.5 Å². The minimum Gasteiger partial charge on any atom is -0.317 e. The molecule has 6 heteroatoms. The van der Waals surface area contributed by atoms with E-state index in [1.165, 1.54) is 0 Å². The van der Waals surface area contributed by atoms with E-state index in [-0.39, 0.29) is 0 Å². The van der Waals surface area contributed by atoms with Gasteiger partial charge < -0.3 is 5.32 Å². The van der Waals surface area contributed by atoms with E-state index in [9.17, 15) is 9.59 Å². The van der Waals surface area contributed by atoms with E-state index >= 15 is 0 Å². The van der Waals surface area contributed by atoms with Gasteiger partial charge in [0.2, 0.25) is 0 Å². The highest BCUT2D eigenvalue weighted by Gasteiger charge is 2.14. The minimum absolute atomic E-state index is 0.597. The maximum Gasteiger partial charge on any atom is 0.329 e. The standard InChI is InChI=1S/C24H18IN3O2/c1-15-12-18(25)10-11-22(15)27-23(29)24(30)28-26-14-21-19-8-4-2-6-16(19)13-17-7-3-5-9-20(17)21/h2-14H,1H3,(H,27,29)(H,28,30)/b26-14+. The van der Waals surface area contributed by atoms with E-state index in [0.29, 0.717) is 5.69 Å². The molecule has 0 spiro atoms. The fourth-order valence-corrected chi connectivity index (χ4v) is 3.99. The summed E-state index contributed by atoms with van der Waals surface area (Å²) in [5, 5.41) is 10.9. The third-order valence-electron chi connectivity index (χ3n) is 4.82. The zero-order valence-electron chi connectivity index (χ0n) is 16.1. The van der Waals surface area contributed by atoms with Gasteiger partial charge in [-0.3, -0.25) is 9.59 Å². The van der Waals surface area contributed by atoms with Crippen LogP contribution in [-0.4, -0.2) is 18.0 Å². The summed E-state index contributed by atoms with van der Waals surface area (Å²) in [6.07, 6.45) is 1.59. The molecule has 0 fully saturated rings. The molecule has 4 aromatic carbocycles. The number of carbonyl (C=O) groups excluding carboxylic acids is 2. The minimum atomic E-state index is -0.825. The first-order valence-electron chi connectivity index (χ1n) is 9.34. The molecule has 0 saturated carbocycles. The number of halogens is 1. The Bertz CT molecular complexity index is 1260. The van der Waals surface area contributed by atoms with Crippen molar-refractivity contribution >= 4 is 67.9 Å². The lowest BCUT2D eigenvalue weighted by atomic mass is 9.97. The molecule has 0 aliphatic rings. The molecule has 2 amide bonds. The van der Waals surface area contributed by atoms with Crippen molar-refractivity contribution in [3.8, 4) is 0 Å². The van der Waals surface area contributed by atoms with Crippen LogP contribution in [0.3, 0.4) is 0 Å². The lowest BCUT2D eigenvalue weighted by molar-refractivity contribution is -0.136. The van der Waals surface area contributed by atoms with Crippen LogP contribution in [0.1, 0.15) is 11.1 Å². The lowest BCUT2D eigenvalue weighted by Crippen LogP contribution is -2.32. The highest BCUT2D eigenvalue weighted by atomic mass is 127. The van der Waals surface area contributed by atoms with Crippen molar-refractivity contribution in [1.29, 1.82) is 0 Å². The summed E-state index contributed by atoms with van der Waals surface area (Å²) in [6.45, 7) is 1.87. The van der Waals surface area contributed by atoms with E-state index in [1.54, 1.807) is 12.3 Å². The number of aryl methyl sites for hydroxylation is 1. The quantitative estimate of drug-likeness (QED) is 0.135. The Balaban J connectivity index is 1.56. The van der Waals surface area contributed by atoms with E-state index in [2.05, 4.69) is 44.5 Å². The number of amides is 2. The second-order valence-electron chi connectivity index (χ2n) is 6.85. The zero-order valence-corrected chi connectivity index (χ0v) is 18.3. The zero-order chi connectivity index (χ0) is 21.1. The fraction of sp³-hybridized carbons (Fsp3) is 0.0417. The van der Waals surface area contributed by atoms with Crippen LogP contribution in [0.2, 0.25) is 0 Å². The van der Waals surface area contributed by atoms with Crippen molar-refractivity contribution in [2.75, 3.05) is 5.32 Å². The van der Waals surface area contributed by atoms with Crippen LogP contribution in [0.25, 0.3) is 21.5 Å². The summed E-state index contributed by atoms with van der Waals surface area (Å²) < 4.78 is 1.06. The van der Waals surface area contributed by atoms with Gasteiger partial charge in [-0.2, -0.15) is 5.10 Å². The number of fused-ring (bicyclic) bond motifs is 2. The number of hydrogen-bond acceptors (Lipinski definition) is 3. The van der Waals surface area contributed by atoms with Crippen molar-refractivity contribution in [3.63, 3.8) is 0 Å². The van der Waals surface area contributed by atoms with E-state index in [1.807, 2.05) is 67.6 Å². The monoisotopic (exact) mass is 507 g/mol. The van der Waals surface area contributed by atoms with Gasteiger partial charge in [0.25, 0.3) is 0 Å².